The summed E-state index contributed by atoms with van der Waals surface area (Å²) in [5.74, 6) is 0.635. The summed E-state index contributed by atoms with van der Waals surface area (Å²) in [7, 11) is 0. The number of rotatable bonds is 5. The molecule has 0 amide bonds. The lowest BCUT2D eigenvalue weighted by atomic mass is 10.0. The molecule has 0 bridgehead atoms. The molecule has 0 spiro atoms. The molecule has 0 aliphatic heterocycles. The Bertz CT molecular complexity index is 112. The molecule has 0 aromatic carbocycles. The standard InChI is InChI=1S/C10H23NO/c1-6-10(7(2)3)11-8(4)9(5)12/h7-12H,6H2,1-5H3. The first-order chi connectivity index (χ1) is 5.49. The minimum Gasteiger partial charge on any atom is -0.392 e. The zero-order valence-corrected chi connectivity index (χ0v) is 8.96. The summed E-state index contributed by atoms with van der Waals surface area (Å²) in [4.78, 5) is 0. The van der Waals surface area contributed by atoms with Gasteiger partial charge in [0, 0.05) is 12.1 Å². The summed E-state index contributed by atoms with van der Waals surface area (Å²) in [5, 5.41) is 12.7. The van der Waals surface area contributed by atoms with Gasteiger partial charge in [-0.05, 0) is 26.2 Å². The summed E-state index contributed by atoms with van der Waals surface area (Å²) in [6.45, 7) is 10.4. The van der Waals surface area contributed by atoms with Crippen LogP contribution in [0.5, 0.6) is 0 Å². The summed E-state index contributed by atoms with van der Waals surface area (Å²) >= 11 is 0. The predicted molar refractivity (Wildman–Crippen MR) is 53.2 cm³/mol. The minimum absolute atomic E-state index is 0.192. The molecular weight excluding hydrogens is 150 g/mol. The van der Waals surface area contributed by atoms with Gasteiger partial charge in [-0.25, -0.2) is 0 Å². The van der Waals surface area contributed by atoms with Gasteiger partial charge >= 0.3 is 0 Å². The normalized spacial score (nSPS) is 19.2. The van der Waals surface area contributed by atoms with Gasteiger partial charge in [0.25, 0.3) is 0 Å². The van der Waals surface area contributed by atoms with Crippen LogP contribution in [0.25, 0.3) is 0 Å². The van der Waals surface area contributed by atoms with Crippen LogP contribution in [0.3, 0.4) is 0 Å². The summed E-state index contributed by atoms with van der Waals surface area (Å²) in [5.41, 5.74) is 0. The zero-order chi connectivity index (χ0) is 9.72. The van der Waals surface area contributed by atoms with E-state index in [9.17, 15) is 5.11 Å². The van der Waals surface area contributed by atoms with E-state index in [0.29, 0.717) is 12.0 Å². The number of nitrogens with one attached hydrogen (secondary N) is 1. The van der Waals surface area contributed by atoms with Gasteiger partial charge in [-0.2, -0.15) is 0 Å². The van der Waals surface area contributed by atoms with Crippen molar-refractivity contribution in [3.05, 3.63) is 0 Å². The van der Waals surface area contributed by atoms with Gasteiger partial charge in [0.05, 0.1) is 6.10 Å². The predicted octanol–water partition coefficient (Wildman–Crippen LogP) is 1.78. The quantitative estimate of drug-likeness (QED) is 0.664. The maximum atomic E-state index is 9.28. The van der Waals surface area contributed by atoms with E-state index in [2.05, 4.69) is 26.1 Å². The van der Waals surface area contributed by atoms with Crippen molar-refractivity contribution in [2.75, 3.05) is 0 Å². The van der Waals surface area contributed by atoms with Gasteiger partial charge in [0.1, 0.15) is 0 Å². The smallest absolute Gasteiger partial charge is 0.0662 e. The average Bonchev–Trinajstić information content (AvgIpc) is 1.98. The van der Waals surface area contributed by atoms with Crippen LogP contribution in [0.2, 0.25) is 0 Å². The maximum absolute atomic E-state index is 9.28. The maximum Gasteiger partial charge on any atom is 0.0662 e. The lowest BCUT2D eigenvalue weighted by Crippen LogP contribution is -2.44. The Morgan fingerprint density at radius 2 is 1.67 bits per heavy atom. The van der Waals surface area contributed by atoms with E-state index in [1.807, 2.05) is 13.8 Å². The number of hydrogen-bond acceptors (Lipinski definition) is 2. The third-order valence-electron chi connectivity index (χ3n) is 2.45. The van der Waals surface area contributed by atoms with E-state index < -0.39 is 0 Å². The third kappa shape index (κ3) is 4.07. The second-order valence-corrected chi connectivity index (χ2v) is 3.95. The van der Waals surface area contributed by atoms with Crippen LogP contribution >= 0.6 is 0 Å². The first kappa shape index (κ1) is 11.9. The lowest BCUT2D eigenvalue weighted by molar-refractivity contribution is 0.139. The summed E-state index contributed by atoms with van der Waals surface area (Å²) in [6.07, 6.45) is 0.854. The molecular formula is C10H23NO. The van der Waals surface area contributed by atoms with E-state index in [1.54, 1.807) is 0 Å². The molecule has 2 heteroatoms. The van der Waals surface area contributed by atoms with E-state index >= 15 is 0 Å². The molecule has 3 atom stereocenters. The van der Waals surface area contributed by atoms with Gasteiger partial charge in [-0.15, -0.1) is 0 Å². The van der Waals surface area contributed by atoms with Crippen LogP contribution in [-0.2, 0) is 0 Å². The molecule has 0 saturated heterocycles. The van der Waals surface area contributed by atoms with Crippen molar-refractivity contribution in [2.45, 2.75) is 59.2 Å². The van der Waals surface area contributed by atoms with Crippen LogP contribution < -0.4 is 5.32 Å². The fourth-order valence-electron chi connectivity index (χ4n) is 1.26. The highest BCUT2D eigenvalue weighted by atomic mass is 16.3. The van der Waals surface area contributed by atoms with Crippen molar-refractivity contribution in [3.8, 4) is 0 Å². The van der Waals surface area contributed by atoms with Crippen molar-refractivity contribution in [3.63, 3.8) is 0 Å². The molecule has 0 heterocycles. The van der Waals surface area contributed by atoms with Crippen LogP contribution in [0.4, 0.5) is 0 Å². The SMILES string of the molecule is CCC(NC(C)C(C)O)C(C)C. The van der Waals surface area contributed by atoms with Crippen molar-refractivity contribution in [1.29, 1.82) is 0 Å². The second-order valence-electron chi connectivity index (χ2n) is 3.95. The Morgan fingerprint density at radius 1 is 1.17 bits per heavy atom. The van der Waals surface area contributed by atoms with Gasteiger partial charge < -0.3 is 10.4 Å². The van der Waals surface area contributed by atoms with Crippen LogP contribution in [-0.4, -0.2) is 23.3 Å². The van der Waals surface area contributed by atoms with E-state index in [1.165, 1.54) is 0 Å². The Kier molecular flexibility index (Phi) is 5.51. The van der Waals surface area contributed by atoms with Crippen molar-refractivity contribution >= 4 is 0 Å². The average molecular weight is 173 g/mol. The number of aliphatic hydroxyl groups excluding tert-OH is 1. The molecule has 0 aliphatic rings. The van der Waals surface area contributed by atoms with Crippen LogP contribution in [0, 0.1) is 5.92 Å². The third-order valence-corrected chi connectivity index (χ3v) is 2.45. The van der Waals surface area contributed by atoms with Crippen LogP contribution in [0.15, 0.2) is 0 Å². The first-order valence-corrected chi connectivity index (χ1v) is 4.93. The molecule has 0 fully saturated rings. The topological polar surface area (TPSA) is 32.3 Å². The highest BCUT2D eigenvalue weighted by Crippen LogP contribution is 2.07. The highest BCUT2D eigenvalue weighted by molar-refractivity contribution is 4.75. The molecule has 0 radical (unpaired) electrons. The molecule has 0 rings (SSSR count). The van der Waals surface area contributed by atoms with E-state index in [-0.39, 0.29) is 12.1 Å². The monoisotopic (exact) mass is 173 g/mol. The van der Waals surface area contributed by atoms with Crippen molar-refractivity contribution < 1.29 is 5.11 Å². The first-order valence-electron chi connectivity index (χ1n) is 4.93. The molecule has 0 aliphatic carbocycles. The molecule has 2 nitrogen and oxygen atoms in total. The molecule has 3 unspecified atom stereocenters. The minimum atomic E-state index is -0.266. The molecule has 12 heavy (non-hydrogen) atoms. The van der Waals surface area contributed by atoms with Crippen LogP contribution in [0.1, 0.15) is 41.0 Å². The molecule has 74 valence electrons. The Balaban J connectivity index is 3.85. The number of hydrogen-bond donors (Lipinski definition) is 2. The van der Waals surface area contributed by atoms with Gasteiger partial charge in [-0.1, -0.05) is 20.8 Å². The number of aliphatic hydroxyl groups is 1. The lowest BCUT2D eigenvalue weighted by Gasteiger charge is -2.26. The largest absolute Gasteiger partial charge is 0.392 e. The fourth-order valence-corrected chi connectivity index (χ4v) is 1.26. The van der Waals surface area contributed by atoms with Gasteiger partial charge in [0.2, 0.25) is 0 Å². The Morgan fingerprint density at radius 3 is 1.92 bits per heavy atom. The van der Waals surface area contributed by atoms with Gasteiger partial charge in [0.15, 0.2) is 0 Å². The molecule has 0 aromatic rings. The second kappa shape index (κ2) is 5.55. The van der Waals surface area contributed by atoms with E-state index in [0.717, 1.165) is 6.42 Å². The molecule has 0 saturated carbocycles. The van der Waals surface area contributed by atoms with E-state index in [4.69, 9.17) is 0 Å². The molecule has 2 N–H and O–H groups in total. The van der Waals surface area contributed by atoms with Crippen molar-refractivity contribution in [1.82, 2.24) is 5.32 Å². The Hall–Kier alpha value is -0.0800. The summed E-state index contributed by atoms with van der Waals surface area (Å²) < 4.78 is 0. The summed E-state index contributed by atoms with van der Waals surface area (Å²) in [6, 6.07) is 0.715. The highest BCUT2D eigenvalue weighted by Gasteiger charge is 2.16. The fraction of sp³-hybridized carbons (Fsp3) is 1.00. The van der Waals surface area contributed by atoms with Gasteiger partial charge in [-0.3, -0.25) is 0 Å². The zero-order valence-electron chi connectivity index (χ0n) is 8.96. The Labute approximate surface area is 76.4 Å². The van der Waals surface area contributed by atoms with Crippen molar-refractivity contribution in [2.24, 2.45) is 5.92 Å². The molecule has 0 aromatic heterocycles.